The molecule has 2 aromatic carbocycles. The van der Waals surface area contributed by atoms with Gasteiger partial charge in [-0.2, -0.15) is 0 Å². The van der Waals surface area contributed by atoms with Gasteiger partial charge in [0, 0.05) is 56.0 Å². The fourth-order valence-electron chi connectivity index (χ4n) is 8.28. The summed E-state index contributed by atoms with van der Waals surface area (Å²) in [6.45, 7) is 5.52. The smallest absolute Gasteiger partial charge is 0.338 e. The van der Waals surface area contributed by atoms with Gasteiger partial charge >= 0.3 is 11.9 Å². The number of hydrogen-bond acceptors (Lipinski definition) is 12. The summed E-state index contributed by atoms with van der Waals surface area (Å²) < 4.78 is 44.1. The van der Waals surface area contributed by atoms with Crippen molar-refractivity contribution in [2.24, 2.45) is 17.8 Å². The number of hydrogen-bond donors (Lipinski definition) is 2. The van der Waals surface area contributed by atoms with Gasteiger partial charge in [-0.3, -0.25) is 9.69 Å². The first-order chi connectivity index (χ1) is 24.3. The molecule has 2 saturated heterocycles. The molecule has 0 amide bonds. The molecule has 13 nitrogen and oxygen atoms in total. The number of ether oxygens (including phenoxy) is 8. The number of carbonyl (C=O) groups excluding carboxylic acids is 2. The first-order valence-electron chi connectivity index (χ1n) is 17.2. The average Bonchev–Trinajstić information content (AvgIpc) is 3.54. The Morgan fingerprint density at radius 2 is 1.64 bits per heavy atom. The summed E-state index contributed by atoms with van der Waals surface area (Å²) in [6, 6.07) is 9.40. The Labute approximate surface area is 292 Å². The lowest BCUT2D eigenvalue weighted by molar-refractivity contribution is -0.176. The summed E-state index contributed by atoms with van der Waals surface area (Å²) in [5.41, 5.74) is 3.83. The second-order valence-corrected chi connectivity index (χ2v) is 13.1. The van der Waals surface area contributed by atoms with Gasteiger partial charge in [0.25, 0.3) is 0 Å². The number of aromatic amines is 1. The van der Waals surface area contributed by atoms with Gasteiger partial charge in [0.15, 0.2) is 11.5 Å². The van der Waals surface area contributed by atoms with Crippen LogP contribution in [-0.2, 0) is 30.2 Å². The zero-order valence-corrected chi connectivity index (χ0v) is 29.7. The summed E-state index contributed by atoms with van der Waals surface area (Å²) in [5.74, 6) is 0.441. The molecule has 1 aliphatic carbocycles. The highest BCUT2D eigenvalue weighted by atomic mass is 16.6. The zero-order chi connectivity index (χ0) is 35.4. The number of piperidine rings is 1. The van der Waals surface area contributed by atoms with Crippen molar-refractivity contribution in [3.63, 3.8) is 0 Å². The van der Waals surface area contributed by atoms with Crippen molar-refractivity contribution in [3.05, 3.63) is 47.2 Å². The van der Waals surface area contributed by atoms with Gasteiger partial charge in [0.1, 0.15) is 18.0 Å². The number of methoxy groups -OCH3 is 6. The van der Waals surface area contributed by atoms with Crippen LogP contribution in [0.3, 0.4) is 0 Å². The molecular weight excluding hydrogens is 646 g/mol. The minimum Gasteiger partial charge on any atom is -0.497 e. The number of benzene rings is 2. The van der Waals surface area contributed by atoms with Gasteiger partial charge in [-0.1, -0.05) is 0 Å². The van der Waals surface area contributed by atoms with Crippen LogP contribution in [0.4, 0.5) is 0 Å². The largest absolute Gasteiger partial charge is 0.497 e. The van der Waals surface area contributed by atoms with Crippen molar-refractivity contribution >= 4 is 22.8 Å². The van der Waals surface area contributed by atoms with Crippen LogP contribution >= 0.6 is 0 Å². The first-order valence-corrected chi connectivity index (χ1v) is 17.2. The molecule has 0 unspecified atom stereocenters. The number of esters is 2. The van der Waals surface area contributed by atoms with E-state index in [1.54, 1.807) is 26.4 Å². The molecule has 1 saturated carbocycles. The van der Waals surface area contributed by atoms with E-state index in [2.05, 4.69) is 21.3 Å². The van der Waals surface area contributed by atoms with E-state index < -0.39 is 24.1 Å². The van der Waals surface area contributed by atoms with Gasteiger partial charge in [0.05, 0.1) is 66.3 Å². The Bertz CT molecular complexity index is 1620. The molecule has 4 aliphatic rings. The number of aromatic nitrogens is 1. The number of fused-ring (bicyclic) bond motifs is 6. The van der Waals surface area contributed by atoms with Gasteiger partial charge in [-0.15, -0.1) is 0 Å². The average molecular weight is 696 g/mol. The summed E-state index contributed by atoms with van der Waals surface area (Å²) in [4.78, 5) is 33.1. The highest BCUT2D eigenvalue weighted by Gasteiger charge is 2.54. The van der Waals surface area contributed by atoms with Crippen LogP contribution in [0.25, 0.3) is 10.9 Å². The Kier molecular flexibility index (Phi) is 11.4. The molecule has 50 heavy (non-hydrogen) atoms. The van der Waals surface area contributed by atoms with Crippen LogP contribution in [0, 0.1) is 17.8 Å². The van der Waals surface area contributed by atoms with E-state index in [-0.39, 0.29) is 29.4 Å². The molecule has 0 spiro atoms. The molecule has 272 valence electrons. The van der Waals surface area contributed by atoms with E-state index in [1.807, 2.05) is 12.1 Å². The predicted molar refractivity (Wildman–Crippen MR) is 184 cm³/mol. The van der Waals surface area contributed by atoms with Crippen molar-refractivity contribution in [3.8, 4) is 23.0 Å². The number of carbonyl (C=O) groups is 2. The standard InChI is InChI=1S/C33H40N2O9.C4H9NO/c1-38-19-7-8-20-21-9-10-35-16-18-13-27(44-32(36)17-11-25(39-2)30(41-4)26(12-17)40-3)31(42-5)28(33(37)43-6)22(18)15-24(35)29(21)34-23(20)14-19;1-3-6-4-2-5-1/h7-8,11-12,14,18,22,24,27-28,31,34H,9-10,13,15-16H2,1-6H3;5H,1-4H2/t18-,22+,24-,27-,28+,31+;/m1./s1. The number of H-pyrrole nitrogens is 1. The van der Waals surface area contributed by atoms with Crippen LogP contribution in [0.1, 0.15) is 40.5 Å². The third-order valence-electron chi connectivity index (χ3n) is 10.6. The Hall–Kier alpha value is -4.04. The second kappa shape index (κ2) is 15.9. The third kappa shape index (κ3) is 6.96. The maximum Gasteiger partial charge on any atom is 0.338 e. The van der Waals surface area contributed by atoms with E-state index in [0.29, 0.717) is 23.7 Å². The Balaban J connectivity index is 0.000000652. The fraction of sp³-hybridized carbons (Fsp3) is 0.568. The lowest BCUT2D eigenvalue weighted by Crippen LogP contribution is -2.58. The van der Waals surface area contributed by atoms with Crippen molar-refractivity contribution in [2.45, 2.75) is 37.5 Å². The summed E-state index contributed by atoms with van der Waals surface area (Å²) >= 11 is 0. The third-order valence-corrected chi connectivity index (χ3v) is 10.6. The second-order valence-electron chi connectivity index (χ2n) is 13.1. The molecule has 7 rings (SSSR count). The number of nitrogens with one attached hydrogen (secondary N) is 2. The molecule has 3 fully saturated rings. The number of morpholine rings is 1. The van der Waals surface area contributed by atoms with E-state index in [0.717, 1.165) is 63.5 Å². The lowest BCUT2D eigenvalue weighted by Gasteiger charge is -2.52. The van der Waals surface area contributed by atoms with Gasteiger partial charge in [-0.05, 0) is 60.9 Å². The Morgan fingerprint density at radius 1 is 0.900 bits per heavy atom. The zero-order valence-electron chi connectivity index (χ0n) is 29.7. The fourth-order valence-corrected chi connectivity index (χ4v) is 8.28. The van der Waals surface area contributed by atoms with Gasteiger partial charge in [-0.25, -0.2) is 4.79 Å². The van der Waals surface area contributed by atoms with E-state index in [4.69, 9.17) is 37.9 Å². The molecule has 3 aromatic rings. The molecule has 0 radical (unpaired) electrons. The highest BCUT2D eigenvalue weighted by molar-refractivity contribution is 5.91. The molecule has 4 heterocycles. The molecular formula is C37H49N3O10. The summed E-state index contributed by atoms with van der Waals surface area (Å²) in [6.07, 6.45) is 0.920. The quantitative estimate of drug-likeness (QED) is 0.332. The van der Waals surface area contributed by atoms with Crippen LogP contribution in [0.2, 0.25) is 0 Å². The monoisotopic (exact) mass is 695 g/mol. The summed E-state index contributed by atoms with van der Waals surface area (Å²) in [5, 5.41) is 4.37. The van der Waals surface area contributed by atoms with Crippen LogP contribution in [0.15, 0.2) is 30.3 Å². The van der Waals surface area contributed by atoms with Crippen LogP contribution in [0.5, 0.6) is 23.0 Å². The lowest BCUT2D eigenvalue weighted by atomic mass is 9.63. The highest BCUT2D eigenvalue weighted by Crippen LogP contribution is 2.51. The normalized spacial score (nSPS) is 25.9. The van der Waals surface area contributed by atoms with E-state index >= 15 is 0 Å². The molecule has 1 aromatic heterocycles. The molecule has 0 bridgehead atoms. The van der Waals surface area contributed by atoms with E-state index in [9.17, 15) is 9.59 Å². The predicted octanol–water partition coefficient (Wildman–Crippen LogP) is 3.78. The number of nitrogens with zero attached hydrogens (tertiary/aromatic N) is 1. The van der Waals surface area contributed by atoms with Crippen molar-refractivity contribution in [1.82, 2.24) is 15.2 Å². The van der Waals surface area contributed by atoms with E-state index in [1.165, 1.54) is 45.1 Å². The first kappa shape index (κ1) is 35.8. The molecule has 13 heteroatoms. The summed E-state index contributed by atoms with van der Waals surface area (Å²) in [7, 11) is 9.10. The van der Waals surface area contributed by atoms with Crippen LogP contribution < -0.4 is 24.3 Å². The molecule has 6 atom stereocenters. The minimum atomic E-state index is -0.670. The van der Waals surface area contributed by atoms with Crippen molar-refractivity contribution < 1.29 is 47.5 Å². The van der Waals surface area contributed by atoms with Crippen LogP contribution in [-0.4, -0.2) is 116 Å². The topological polar surface area (TPSA) is 139 Å². The number of rotatable bonds is 8. The molecule has 3 aliphatic heterocycles. The van der Waals surface area contributed by atoms with Crippen molar-refractivity contribution in [1.29, 1.82) is 0 Å². The minimum absolute atomic E-state index is 0.0170. The van der Waals surface area contributed by atoms with Gasteiger partial charge in [0.2, 0.25) is 5.75 Å². The maximum absolute atomic E-state index is 13.5. The van der Waals surface area contributed by atoms with Gasteiger partial charge < -0.3 is 48.2 Å². The SMILES string of the molecule is C1COCCN1.COC(=O)[C@H]1[C@H]2C[C@@H]3c4[nH]c5cc(OC)ccc5c4CCN3C[C@H]2C[C@@H](OC(=O)c2cc(OC)c(OC)c(OC)c2)[C@@H]1OC. The Morgan fingerprint density at radius 3 is 2.22 bits per heavy atom. The van der Waals surface area contributed by atoms with Crippen molar-refractivity contribution in [2.75, 3.05) is 82.1 Å². The molecule has 2 N–H and O–H groups in total. The maximum atomic E-state index is 13.5.